The molecule has 0 unspecified atom stereocenters. The highest BCUT2D eigenvalue weighted by molar-refractivity contribution is 6.04. The standard InChI is InChI=1S/C13H20O5/c1-3-10(14)7-5-4-6-8-11(13(17)18)9(2)12(15)16/h8,10,14H,2-7H2,1H3,(H,15,16)(H,17,18)/b11-8+/t10-/m0/s1. The fraction of sp³-hybridized carbons (Fsp3) is 0.538. The van der Waals surface area contributed by atoms with E-state index in [-0.39, 0.29) is 11.7 Å². The summed E-state index contributed by atoms with van der Waals surface area (Å²) >= 11 is 0. The van der Waals surface area contributed by atoms with Gasteiger partial charge in [0.1, 0.15) is 0 Å². The average molecular weight is 256 g/mol. The van der Waals surface area contributed by atoms with E-state index in [1.807, 2.05) is 6.92 Å². The molecule has 0 rings (SSSR count). The lowest BCUT2D eigenvalue weighted by Crippen LogP contribution is -2.10. The minimum absolute atomic E-state index is 0.265. The number of carboxylic acids is 2. The van der Waals surface area contributed by atoms with E-state index in [4.69, 9.17) is 10.2 Å². The van der Waals surface area contributed by atoms with Crippen LogP contribution in [0, 0.1) is 0 Å². The van der Waals surface area contributed by atoms with Crippen LogP contribution in [0.15, 0.2) is 23.8 Å². The Kier molecular flexibility index (Phi) is 7.71. The lowest BCUT2D eigenvalue weighted by molar-refractivity contribution is -0.136. The third-order valence-electron chi connectivity index (χ3n) is 2.62. The molecule has 0 aromatic heterocycles. The summed E-state index contributed by atoms with van der Waals surface area (Å²) in [5.41, 5.74) is -0.672. The Hall–Kier alpha value is -1.62. The molecule has 102 valence electrons. The number of carboxylic acid groups (broad SMARTS) is 2. The van der Waals surface area contributed by atoms with E-state index in [2.05, 4.69) is 6.58 Å². The Bertz CT molecular complexity index is 343. The molecule has 0 aromatic carbocycles. The Morgan fingerprint density at radius 3 is 2.28 bits per heavy atom. The van der Waals surface area contributed by atoms with Crippen LogP contribution in [0.4, 0.5) is 0 Å². The van der Waals surface area contributed by atoms with Crippen molar-refractivity contribution < 1.29 is 24.9 Å². The van der Waals surface area contributed by atoms with Crippen molar-refractivity contribution in [1.82, 2.24) is 0 Å². The quantitative estimate of drug-likeness (QED) is 0.333. The SMILES string of the molecule is C=C(C(=O)O)/C(=C\CCCC[C@@H](O)CC)C(=O)O. The molecule has 0 aromatic rings. The molecule has 0 bridgehead atoms. The normalized spacial score (nSPS) is 13.1. The van der Waals surface area contributed by atoms with Gasteiger partial charge in [-0.2, -0.15) is 0 Å². The van der Waals surface area contributed by atoms with Crippen molar-refractivity contribution in [1.29, 1.82) is 0 Å². The van der Waals surface area contributed by atoms with Crippen LogP contribution in [-0.2, 0) is 9.59 Å². The van der Waals surface area contributed by atoms with Crippen LogP contribution in [0.5, 0.6) is 0 Å². The molecule has 0 amide bonds. The first kappa shape index (κ1) is 16.4. The first-order valence-electron chi connectivity index (χ1n) is 5.94. The fourth-order valence-electron chi connectivity index (χ4n) is 1.43. The summed E-state index contributed by atoms with van der Waals surface area (Å²) in [5.74, 6) is -2.61. The zero-order valence-electron chi connectivity index (χ0n) is 10.6. The molecule has 0 radical (unpaired) electrons. The monoisotopic (exact) mass is 256 g/mol. The van der Waals surface area contributed by atoms with Crippen LogP contribution in [0.2, 0.25) is 0 Å². The summed E-state index contributed by atoms with van der Waals surface area (Å²) in [7, 11) is 0. The molecule has 5 nitrogen and oxygen atoms in total. The second kappa shape index (κ2) is 8.47. The summed E-state index contributed by atoms with van der Waals surface area (Å²) in [4.78, 5) is 21.5. The highest BCUT2D eigenvalue weighted by Gasteiger charge is 2.16. The number of aliphatic carboxylic acids is 2. The van der Waals surface area contributed by atoms with Crippen LogP contribution in [0.25, 0.3) is 0 Å². The molecule has 0 aliphatic rings. The zero-order valence-corrected chi connectivity index (χ0v) is 10.6. The largest absolute Gasteiger partial charge is 0.478 e. The molecule has 5 heteroatoms. The third-order valence-corrected chi connectivity index (χ3v) is 2.62. The summed E-state index contributed by atoms with van der Waals surface area (Å²) in [6, 6.07) is 0. The van der Waals surface area contributed by atoms with E-state index >= 15 is 0 Å². The molecule has 0 spiro atoms. The van der Waals surface area contributed by atoms with Crippen LogP contribution >= 0.6 is 0 Å². The lowest BCUT2D eigenvalue weighted by Gasteiger charge is -2.06. The predicted octanol–water partition coefficient (Wildman–Crippen LogP) is 1.97. The van der Waals surface area contributed by atoms with E-state index in [0.717, 1.165) is 6.42 Å². The van der Waals surface area contributed by atoms with Crippen molar-refractivity contribution in [2.24, 2.45) is 0 Å². The molecule has 18 heavy (non-hydrogen) atoms. The summed E-state index contributed by atoms with van der Waals surface area (Å²) in [6.07, 6.45) is 4.38. The second-order valence-corrected chi connectivity index (χ2v) is 4.05. The number of allylic oxidation sites excluding steroid dienone is 1. The van der Waals surface area contributed by atoms with Gasteiger partial charge in [-0.3, -0.25) is 0 Å². The van der Waals surface area contributed by atoms with E-state index in [9.17, 15) is 14.7 Å². The van der Waals surface area contributed by atoms with Gasteiger partial charge in [0.25, 0.3) is 0 Å². The number of rotatable bonds is 9. The van der Waals surface area contributed by atoms with Gasteiger partial charge >= 0.3 is 11.9 Å². The fourth-order valence-corrected chi connectivity index (χ4v) is 1.43. The van der Waals surface area contributed by atoms with Crippen molar-refractivity contribution in [3.05, 3.63) is 23.8 Å². The van der Waals surface area contributed by atoms with E-state index in [0.29, 0.717) is 25.7 Å². The first-order valence-corrected chi connectivity index (χ1v) is 5.94. The molecule has 0 heterocycles. The van der Waals surface area contributed by atoms with Gasteiger partial charge < -0.3 is 15.3 Å². The molecule has 1 atom stereocenters. The lowest BCUT2D eigenvalue weighted by atomic mass is 10.0. The molecule has 0 fully saturated rings. The number of aliphatic hydroxyl groups excluding tert-OH is 1. The van der Waals surface area contributed by atoms with Gasteiger partial charge in [-0.05, 0) is 25.7 Å². The van der Waals surface area contributed by atoms with Crippen LogP contribution in [0.1, 0.15) is 39.0 Å². The van der Waals surface area contributed by atoms with Crippen LogP contribution < -0.4 is 0 Å². The Morgan fingerprint density at radius 1 is 1.22 bits per heavy atom. The van der Waals surface area contributed by atoms with Gasteiger partial charge in [-0.1, -0.05) is 26.0 Å². The number of hydrogen-bond acceptors (Lipinski definition) is 3. The van der Waals surface area contributed by atoms with Gasteiger partial charge in [0.05, 0.1) is 17.3 Å². The van der Waals surface area contributed by atoms with Gasteiger partial charge in [0, 0.05) is 0 Å². The zero-order chi connectivity index (χ0) is 14.1. The molecular weight excluding hydrogens is 236 g/mol. The first-order chi connectivity index (χ1) is 8.40. The maximum absolute atomic E-state index is 10.8. The highest BCUT2D eigenvalue weighted by Crippen LogP contribution is 2.12. The molecule has 0 aliphatic heterocycles. The van der Waals surface area contributed by atoms with E-state index in [1.54, 1.807) is 0 Å². The second-order valence-electron chi connectivity index (χ2n) is 4.05. The van der Waals surface area contributed by atoms with Gasteiger partial charge in [-0.25, -0.2) is 9.59 Å². The Balaban J connectivity index is 4.23. The molecule has 3 N–H and O–H groups in total. The maximum Gasteiger partial charge on any atom is 0.336 e. The van der Waals surface area contributed by atoms with Crippen LogP contribution in [-0.4, -0.2) is 33.4 Å². The minimum Gasteiger partial charge on any atom is -0.478 e. The van der Waals surface area contributed by atoms with Gasteiger partial charge in [0.2, 0.25) is 0 Å². The number of aliphatic hydroxyl groups is 1. The molecule has 0 saturated carbocycles. The number of unbranched alkanes of at least 4 members (excludes halogenated alkanes) is 2. The van der Waals surface area contributed by atoms with Gasteiger partial charge in [-0.15, -0.1) is 0 Å². The minimum atomic E-state index is -1.33. The van der Waals surface area contributed by atoms with Crippen molar-refractivity contribution in [2.45, 2.75) is 45.1 Å². The molecule has 0 saturated heterocycles. The maximum atomic E-state index is 10.8. The van der Waals surface area contributed by atoms with Gasteiger partial charge in [0.15, 0.2) is 0 Å². The Labute approximate surface area is 106 Å². The molecular formula is C13H20O5. The summed E-state index contributed by atoms with van der Waals surface area (Å²) in [6.45, 7) is 5.12. The van der Waals surface area contributed by atoms with Crippen molar-refractivity contribution in [3.63, 3.8) is 0 Å². The van der Waals surface area contributed by atoms with E-state index in [1.165, 1.54) is 6.08 Å². The number of carbonyl (C=O) groups is 2. The smallest absolute Gasteiger partial charge is 0.336 e. The molecule has 0 aliphatic carbocycles. The summed E-state index contributed by atoms with van der Waals surface area (Å²) < 4.78 is 0. The third kappa shape index (κ3) is 6.20. The van der Waals surface area contributed by atoms with Crippen molar-refractivity contribution >= 4 is 11.9 Å². The topological polar surface area (TPSA) is 94.8 Å². The Morgan fingerprint density at radius 2 is 1.83 bits per heavy atom. The average Bonchev–Trinajstić information content (AvgIpc) is 2.31. The number of hydrogen-bond donors (Lipinski definition) is 3. The van der Waals surface area contributed by atoms with E-state index < -0.39 is 17.5 Å². The van der Waals surface area contributed by atoms with Crippen molar-refractivity contribution in [2.75, 3.05) is 0 Å². The van der Waals surface area contributed by atoms with Crippen LogP contribution in [0.3, 0.4) is 0 Å². The highest BCUT2D eigenvalue weighted by atomic mass is 16.4. The van der Waals surface area contributed by atoms with Crippen molar-refractivity contribution in [3.8, 4) is 0 Å². The summed E-state index contributed by atoms with van der Waals surface area (Å²) in [5, 5.41) is 26.8. The predicted molar refractivity (Wildman–Crippen MR) is 67.3 cm³/mol.